The minimum Gasteiger partial charge on any atom is -0.487 e. The summed E-state index contributed by atoms with van der Waals surface area (Å²) in [7, 11) is 0. The van der Waals surface area contributed by atoms with Gasteiger partial charge >= 0.3 is 5.69 Å². The van der Waals surface area contributed by atoms with Crippen LogP contribution in [0.3, 0.4) is 0 Å². The van der Waals surface area contributed by atoms with Crippen LogP contribution < -0.4 is 10.1 Å². The first-order valence-electron chi connectivity index (χ1n) is 6.14. The highest BCUT2D eigenvalue weighted by Gasteiger charge is 2.18. The summed E-state index contributed by atoms with van der Waals surface area (Å²) in [4.78, 5) is 32.9. The number of Topliss-reactive ketones (excluding diaryl/α,β-unsaturated/α-hetero) is 1. The lowest BCUT2D eigenvalue weighted by Gasteiger charge is -2.07. The second kappa shape index (κ2) is 7.22. The number of nitrogens with zero attached hydrogens (tertiary/aromatic N) is 1. The molecule has 0 saturated heterocycles. The molecule has 1 rings (SSSR count). The van der Waals surface area contributed by atoms with E-state index in [0.717, 1.165) is 6.07 Å². The van der Waals surface area contributed by atoms with Crippen LogP contribution in [0.4, 0.5) is 5.69 Å². The largest absolute Gasteiger partial charge is 0.487 e. The Bertz CT molecular complexity index is 527. The SMILES string of the molecule is CCOc1ccc(C(=O)NCCC(C)=O)cc1[N+](=O)[O-]. The lowest BCUT2D eigenvalue weighted by Crippen LogP contribution is -2.25. The molecule has 0 radical (unpaired) electrons. The zero-order chi connectivity index (χ0) is 15.1. The van der Waals surface area contributed by atoms with Gasteiger partial charge in [0.25, 0.3) is 5.91 Å². The van der Waals surface area contributed by atoms with Crippen molar-refractivity contribution >= 4 is 17.4 Å². The van der Waals surface area contributed by atoms with E-state index < -0.39 is 10.8 Å². The summed E-state index contributed by atoms with van der Waals surface area (Å²) in [6, 6.07) is 4.00. The number of hydrogen-bond acceptors (Lipinski definition) is 5. The molecule has 7 nitrogen and oxygen atoms in total. The molecule has 0 bridgehead atoms. The van der Waals surface area contributed by atoms with E-state index in [1.54, 1.807) is 6.92 Å². The van der Waals surface area contributed by atoms with Crippen LogP contribution in [0, 0.1) is 10.1 Å². The molecule has 0 aromatic heterocycles. The van der Waals surface area contributed by atoms with Crippen molar-refractivity contribution in [1.29, 1.82) is 0 Å². The van der Waals surface area contributed by atoms with Crippen LogP contribution in [-0.2, 0) is 4.79 Å². The van der Waals surface area contributed by atoms with Crippen molar-refractivity contribution < 1.29 is 19.2 Å². The highest BCUT2D eigenvalue weighted by atomic mass is 16.6. The molecule has 7 heteroatoms. The van der Waals surface area contributed by atoms with Gasteiger partial charge in [0.15, 0.2) is 5.75 Å². The first kappa shape index (κ1) is 15.6. The first-order valence-corrected chi connectivity index (χ1v) is 6.14. The number of ketones is 1. The molecule has 108 valence electrons. The van der Waals surface area contributed by atoms with E-state index in [1.165, 1.54) is 19.1 Å². The van der Waals surface area contributed by atoms with Crippen LogP contribution in [-0.4, -0.2) is 29.8 Å². The van der Waals surface area contributed by atoms with Crippen molar-refractivity contribution in [3.63, 3.8) is 0 Å². The van der Waals surface area contributed by atoms with Gasteiger partial charge in [-0.3, -0.25) is 19.7 Å². The molecule has 0 aliphatic carbocycles. The van der Waals surface area contributed by atoms with Crippen LogP contribution in [0.2, 0.25) is 0 Å². The molecule has 0 spiro atoms. The molecule has 0 aliphatic heterocycles. The number of ether oxygens (including phenoxy) is 1. The van der Waals surface area contributed by atoms with E-state index in [-0.39, 0.29) is 35.7 Å². The Balaban J connectivity index is 2.85. The third-order valence-corrected chi connectivity index (χ3v) is 2.48. The van der Waals surface area contributed by atoms with Gasteiger partial charge in [0.1, 0.15) is 5.78 Å². The standard InChI is InChI=1S/C13H16N2O5/c1-3-20-12-5-4-10(8-11(12)15(18)19)13(17)14-7-6-9(2)16/h4-5,8H,3,6-7H2,1-2H3,(H,14,17). The number of rotatable bonds is 7. The average molecular weight is 280 g/mol. The normalized spacial score (nSPS) is 9.90. The number of benzene rings is 1. The van der Waals surface area contributed by atoms with Crippen molar-refractivity contribution in [2.45, 2.75) is 20.3 Å². The molecule has 20 heavy (non-hydrogen) atoms. The van der Waals surface area contributed by atoms with Crippen LogP contribution in [0.25, 0.3) is 0 Å². The van der Waals surface area contributed by atoms with Gasteiger partial charge in [0.2, 0.25) is 0 Å². The Hall–Kier alpha value is -2.44. The third-order valence-electron chi connectivity index (χ3n) is 2.48. The highest BCUT2D eigenvalue weighted by Crippen LogP contribution is 2.27. The maximum atomic E-state index is 11.8. The molecule has 0 aliphatic rings. The van der Waals surface area contributed by atoms with E-state index in [9.17, 15) is 19.7 Å². The fourth-order valence-corrected chi connectivity index (χ4v) is 1.53. The molecule has 1 aromatic rings. The molecule has 0 fully saturated rings. The van der Waals surface area contributed by atoms with E-state index >= 15 is 0 Å². The summed E-state index contributed by atoms with van der Waals surface area (Å²) in [6.07, 6.45) is 0.227. The fourth-order valence-electron chi connectivity index (χ4n) is 1.53. The van der Waals surface area contributed by atoms with E-state index in [2.05, 4.69) is 5.32 Å². The van der Waals surface area contributed by atoms with Gasteiger partial charge in [0.05, 0.1) is 11.5 Å². The number of nitrogens with one attached hydrogen (secondary N) is 1. The molecular weight excluding hydrogens is 264 g/mol. The smallest absolute Gasteiger partial charge is 0.311 e. The molecule has 1 amide bonds. The van der Waals surface area contributed by atoms with Crippen LogP contribution >= 0.6 is 0 Å². The van der Waals surface area contributed by atoms with Gasteiger partial charge in [-0.25, -0.2) is 0 Å². The fraction of sp³-hybridized carbons (Fsp3) is 0.385. The van der Waals surface area contributed by atoms with Gasteiger partial charge in [-0.1, -0.05) is 0 Å². The lowest BCUT2D eigenvalue weighted by atomic mass is 10.1. The van der Waals surface area contributed by atoms with Crippen LogP contribution in [0.5, 0.6) is 5.75 Å². The number of carbonyl (C=O) groups excluding carboxylic acids is 2. The number of nitro groups is 1. The van der Waals surface area contributed by atoms with E-state index in [4.69, 9.17) is 4.74 Å². The van der Waals surface area contributed by atoms with Gasteiger partial charge in [0, 0.05) is 24.6 Å². The Morgan fingerprint density at radius 1 is 1.40 bits per heavy atom. The van der Waals surface area contributed by atoms with Gasteiger partial charge in [-0.15, -0.1) is 0 Å². The molecule has 1 aromatic carbocycles. The molecule has 0 heterocycles. The minimum atomic E-state index is -0.600. The number of amides is 1. The third kappa shape index (κ3) is 4.34. The molecular formula is C13H16N2O5. The van der Waals surface area contributed by atoms with Gasteiger partial charge in [-0.2, -0.15) is 0 Å². The number of carbonyl (C=O) groups is 2. The van der Waals surface area contributed by atoms with Crippen molar-refractivity contribution in [3.8, 4) is 5.75 Å². The monoisotopic (exact) mass is 280 g/mol. The van der Waals surface area contributed by atoms with Crippen LogP contribution in [0.15, 0.2) is 18.2 Å². The summed E-state index contributed by atoms with van der Waals surface area (Å²) >= 11 is 0. The summed E-state index contributed by atoms with van der Waals surface area (Å²) in [5.41, 5.74) is -0.102. The van der Waals surface area contributed by atoms with Gasteiger partial charge in [-0.05, 0) is 26.0 Å². The summed E-state index contributed by atoms with van der Waals surface area (Å²) in [5, 5.41) is 13.4. The molecule has 0 unspecified atom stereocenters. The zero-order valence-electron chi connectivity index (χ0n) is 11.3. The van der Waals surface area contributed by atoms with Crippen molar-refractivity contribution in [2.24, 2.45) is 0 Å². The summed E-state index contributed by atoms with van der Waals surface area (Å²) in [5.74, 6) is -0.377. The van der Waals surface area contributed by atoms with Crippen molar-refractivity contribution in [2.75, 3.05) is 13.2 Å². The Kier molecular flexibility index (Phi) is 5.64. The minimum absolute atomic E-state index is 0.0389. The predicted octanol–water partition coefficient (Wildman–Crippen LogP) is 1.70. The van der Waals surface area contributed by atoms with Crippen molar-refractivity contribution in [3.05, 3.63) is 33.9 Å². The van der Waals surface area contributed by atoms with Gasteiger partial charge < -0.3 is 10.1 Å². The van der Waals surface area contributed by atoms with E-state index in [0.29, 0.717) is 6.61 Å². The maximum Gasteiger partial charge on any atom is 0.311 e. The second-order valence-corrected chi connectivity index (χ2v) is 4.08. The quantitative estimate of drug-likeness (QED) is 0.605. The van der Waals surface area contributed by atoms with E-state index in [1.807, 2.05) is 0 Å². The second-order valence-electron chi connectivity index (χ2n) is 4.08. The summed E-state index contributed by atoms with van der Waals surface area (Å²) in [6.45, 7) is 3.64. The Labute approximate surface area is 116 Å². The maximum absolute atomic E-state index is 11.8. The Morgan fingerprint density at radius 3 is 2.65 bits per heavy atom. The van der Waals surface area contributed by atoms with Crippen molar-refractivity contribution in [1.82, 2.24) is 5.32 Å². The first-order chi connectivity index (χ1) is 9.45. The highest BCUT2D eigenvalue weighted by molar-refractivity contribution is 5.95. The molecule has 0 atom stereocenters. The topological polar surface area (TPSA) is 98.5 Å². The Morgan fingerprint density at radius 2 is 2.10 bits per heavy atom. The number of nitro benzene ring substituents is 1. The van der Waals surface area contributed by atoms with Crippen LogP contribution in [0.1, 0.15) is 30.6 Å². The lowest BCUT2D eigenvalue weighted by molar-refractivity contribution is -0.385. The summed E-state index contributed by atoms with van der Waals surface area (Å²) < 4.78 is 5.13. The molecule has 0 saturated carbocycles. The zero-order valence-corrected chi connectivity index (χ0v) is 11.3. The molecule has 1 N–H and O–H groups in total. The average Bonchev–Trinajstić information content (AvgIpc) is 2.38. The predicted molar refractivity (Wildman–Crippen MR) is 71.9 cm³/mol. The number of hydrogen-bond donors (Lipinski definition) is 1.